The van der Waals surface area contributed by atoms with Crippen LogP contribution in [0.25, 0.3) is 22.0 Å². The summed E-state index contributed by atoms with van der Waals surface area (Å²) in [6, 6.07) is 13.1. The van der Waals surface area contributed by atoms with Crippen molar-refractivity contribution in [3.8, 4) is 11.3 Å². The summed E-state index contributed by atoms with van der Waals surface area (Å²) in [5, 5.41) is 6.62. The Morgan fingerprint density at radius 3 is 2.67 bits per heavy atom. The molecular formula is C15H12BrNS. The molecule has 0 unspecified atom stereocenters. The smallest absolute Gasteiger partial charge is 0.104 e. The number of thiazole rings is 1. The SMILES string of the molecule is Cc1ccc2cc(-c3csc(CBr)n3)ccc2c1. The molecule has 0 saturated carbocycles. The van der Waals surface area contributed by atoms with Crippen LogP contribution in [0.4, 0.5) is 0 Å². The molecule has 0 aliphatic carbocycles. The van der Waals surface area contributed by atoms with Gasteiger partial charge in [-0.25, -0.2) is 4.98 Å². The fourth-order valence-electron chi connectivity index (χ4n) is 2.03. The molecule has 0 spiro atoms. The molecule has 0 N–H and O–H groups in total. The number of hydrogen-bond donors (Lipinski definition) is 0. The zero-order valence-electron chi connectivity index (χ0n) is 9.98. The molecule has 0 atom stereocenters. The van der Waals surface area contributed by atoms with E-state index in [4.69, 9.17) is 0 Å². The van der Waals surface area contributed by atoms with E-state index in [1.54, 1.807) is 11.3 Å². The normalized spacial score (nSPS) is 11.0. The number of fused-ring (bicyclic) bond motifs is 1. The van der Waals surface area contributed by atoms with Crippen molar-refractivity contribution < 1.29 is 0 Å². The number of hydrogen-bond acceptors (Lipinski definition) is 2. The van der Waals surface area contributed by atoms with Crippen LogP contribution in [0.1, 0.15) is 10.6 Å². The van der Waals surface area contributed by atoms with Crippen LogP contribution in [-0.4, -0.2) is 4.98 Å². The highest BCUT2D eigenvalue weighted by molar-refractivity contribution is 9.08. The highest BCUT2D eigenvalue weighted by atomic mass is 79.9. The second kappa shape index (κ2) is 4.82. The second-order valence-electron chi connectivity index (χ2n) is 4.33. The van der Waals surface area contributed by atoms with Crippen molar-refractivity contribution in [2.24, 2.45) is 0 Å². The number of benzene rings is 2. The first-order valence-electron chi connectivity index (χ1n) is 5.77. The Labute approximate surface area is 119 Å². The summed E-state index contributed by atoms with van der Waals surface area (Å²) in [4.78, 5) is 4.59. The molecule has 0 fully saturated rings. The van der Waals surface area contributed by atoms with Crippen LogP contribution in [0.3, 0.4) is 0 Å². The molecule has 0 radical (unpaired) electrons. The molecule has 1 aromatic heterocycles. The first kappa shape index (κ1) is 11.9. The van der Waals surface area contributed by atoms with Crippen LogP contribution in [-0.2, 0) is 5.33 Å². The van der Waals surface area contributed by atoms with Crippen molar-refractivity contribution in [1.29, 1.82) is 0 Å². The van der Waals surface area contributed by atoms with Crippen LogP contribution in [0, 0.1) is 6.92 Å². The van der Waals surface area contributed by atoms with Gasteiger partial charge in [0.1, 0.15) is 5.01 Å². The molecule has 90 valence electrons. The van der Waals surface area contributed by atoms with Crippen molar-refractivity contribution >= 4 is 38.0 Å². The lowest BCUT2D eigenvalue weighted by molar-refractivity contribution is 1.28. The average Bonchev–Trinajstić information content (AvgIpc) is 2.87. The molecule has 3 rings (SSSR count). The number of aromatic nitrogens is 1. The van der Waals surface area contributed by atoms with Gasteiger partial charge in [-0.15, -0.1) is 11.3 Å². The summed E-state index contributed by atoms with van der Waals surface area (Å²) in [5.74, 6) is 0. The largest absolute Gasteiger partial charge is 0.240 e. The number of alkyl halides is 1. The predicted octanol–water partition coefficient (Wildman–Crippen LogP) is 5.17. The van der Waals surface area contributed by atoms with E-state index in [9.17, 15) is 0 Å². The van der Waals surface area contributed by atoms with E-state index in [-0.39, 0.29) is 0 Å². The summed E-state index contributed by atoms with van der Waals surface area (Å²) >= 11 is 5.13. The van der Waals surface area contributed by atoms with E-state index in [0.717, 1.165) is 16.0 Å². The molecule has 2 aromatic carbocycles. The van der Waals surface area contributed by atoms with Gasteiger partial charge in [0.2, 0.25) is 0 Å². The van der Waals surface area contributed by atoms with E-state index < -0.39 is 0 Å². The number of rotatable bonds is 2. The number of nitrogens with zero attached hydrogens (tertiary/aromatic N) is 1. The Hall–Kier alpha value is -1.19. The quantitative estimate of drug-likeness (QED) is 0.594. The molecular weight excluding hydrogens is 306 g/mol. The number of halogens is 1. The van der Waals surface area contributed by atoms with Crippen LogP contribution >= 0.6 is 27.3 Å². The third-order valence-electron chi connectivity index (χ3n) is 2.96. The van der Waals surface area contributed by atoms with E-state index in [1.807, 2.05) is 0 Å². The van der Waals surface area contributed by atoms with Gasteiger partial charge in [-0.2, -0.15) is 0 Å². The minimum atomic E-state index is 0.824. The van der Waals surface area contributed by atoms with Crippen molar-refractivity contribution in [3.05, 3.63) is 52.3 Å². The molecule has 3 heteroatoms. The maximum Gasteiger partial charge on any atom is 0.104 e. The molecule has 0 saturated heterocycles. The minimum absolute atomic E-state index is 0.824. The van der Waals surface area contributed by atoms with Crippen molar-refractivity contribution in [2.75, 3.05) is 0 Å². The van der Waals surface area contributed by atoms with Gasteiger partial charge in [-0.05, 0) is 23.8 Å². The molecule has 0 amide bonds. The molecule has 18 heavy (non-hydrogen) atoms. The lowest BCUT2D eigenvalue weighted by Gasteiger charge is -2.02. The van der Waals surface area contributed by atoms with Gasteiger partial charge >= 0.3 is 0 Å². The third kappa shape index (κ3) is 2.20. The van der Waals surface area contributed by atoms with Crippen LogP contribution < -0.4 is 0 Å². The highest BCUT2D eigenvalue weighted by Gasteiger charge is 2.04. The van der Waals surface area contributed by atoms with Gasteiger partial charge in [0, 0.05) is 10.9 Å². The Morgan fingerprint density at radius 2 is 1.89 bits per heavy atom. The Morgan fingerprint density at radius 1 is 1.11 bits per heavy atom. The summed E-state index contributed by atoms with van der Waals surface area (Å²) in [6.45, 7) is 2.12. The Balaban J connectivity index is 2.10. The standard InChI is InChI=1S/C15H12BrNS/c1-10-2-3-12-7-13(5-4-11(12)6-10)14-9-18-15(8-16)17-14/h2-7,9H,8H2,1H3. The highest BCUT2D eigenvalue weighted by Crippen LogP contribution is 2.26. The topological polar surface area (TPSA) is 12.9 Å². The summed E-state index contributed by atoms with van der Waals surface area (Å²) in [6.07, 6.45) is 0. The van der Waals surface area contributed by atoms with Crippen LogP contribution in [0.15, 0.2) is 41.8 Å². The third-order valence-corrected chi connectivity index (χ3v) is 4.71. The molecule has 0 bridgehead atoms. The van der Waals surface area contributed by atoms with Gasteiger partial charge in [0.05, 0.1) is 11.0 Å². The maximum absolute atomic E-state index is 4.59. The monoisotopic (exact) mass is 317 g/mol. The van der Waals surface area contributed by atoms with E-state index >= 15 is 0 Å². The fraction of sp³-hybridized carbons (Fsp3) is 0.133. The van der Waals surface area contributed by atoms with Gasteiger partial charge in [-0.3, -0.25) is 0 Å². The molecule has 0 aliphatic heterocycles. The summed E-state index contributed by atoms with van der Waals surface area (Å²) in [7, 11) is 0. The van der Waals surface area contributed by atoms with Gasteiger partial charge in [-0.1, -0.05) is 51.8 Å². The predicted molar refractivity (Wildman–Crippen MR) is 82.4 cm³/mol. The average molecular weight is 318 g/mol. The molecule has 1 nitrogen and oxygen atoms in total. The van der Waals surface area contributed by atoms with Crippen LogP contribution in [0.5, 0.6) is 0 Å². The van der Waals surface area contributed by atoms with Crippen molar-refractivity contribution in [1.82, 2.24) is 4.98 Å². The Bertz CT molecular complexity index is 703. The van der Waals surface area contributed by atoms with Gasteiger partial charge in [0.15, 0.2) is 0 Å². The first-order valence-corrected chi connectivity index (χ1v) is 7.77. The van der Waals surface area contributed by atoms with E-state index in [1.165, 1.54) is 21.9 Å². The van der Waals surface area contributed by atoms with Gasteiger partial charge in [0.25, 0.3) is 0 Å². The van der Waals surface area contributed by atoms with E-state index in [2.05, 4.69) is 69.6 Å². The maximum atomic E-state index is 4.59. The lowest BCUT2D eigenvalue weighted by atomic mass is 10.0. The molecule has 3 aromatic rings. The first-order chi connectivity index (χ1) is 8.76. The fourth-order valence-corrected chi connectivity index (χ4v) is 3.20. The lowest BCUT2D eigenvalue weighted by Crippen LogP contribution is -1.81. The van der Waals surface area contributed by atoms with Crippen molar-refractivity contribution in [2.45, 2.75) is 12.3 Å². The minimum Gasteiger partial charge on any atom is -0.240 e. The second-order valence-corrected chi connectivity index (χ2v) is 5.83. The van der Waals surface area contributed by atoms with Crippen LogP contribution in [0.2, 0.25) is 0 Å². The van der Waals surface area contributed by atoms with Gasteiger partial charge < -0.3 is 0 Å². The zero-order chi connectivity index (χ0) is 12.5. The molecule has 1 heterocycles. The van der Waals surface area contributed by atoms with Crippen molar-refractivity contribution in [3.63, 3.8) is 0 Å². The zero-order valence-corrected chi connectivity index (χ0v) is 12.4. The van der Waals surface area contributed by atoms with E-state index in [0.29, 0.717) is 0 Å². The molecule has 0 aliphatic rings. The summed E-state index contributed by atoms with van der Waals surface area (Å²) < 4.78 is 0. The number of aryl methyl sites for hydroxylation is 1. The Kier molecular flexibility index (Phi) is 3.18. The summed E-state index contributed by atoms with van der Waals surface area (Å²) in [5.41, 5.74) is 3.55.